The van der Waals surface area contributed by atoms with Gasteiger partial charge in [-0.15, -0.1) is 24.0 Å². The lowest BCUT2D eigenvalue weighted by Gasteiger charge is -2.20. The van der Waals surface area contributed by atoms with Crippen LogP contribution in [-0.4, -0.2) is 36.4 Å². The number of hydrogen-bond donors (Lipinski definition) is 2. The van der Waals surface area contributed by atoms with Crippen molar-refractivity contribution in [1.82, 2.24) is 15.5 Å². The predicted molar refractivity (Wildman–Crippen MR) is 127 cm³/mol. The van der Waals surface area contributed by atoms with Crippen LogP contribution in [0.15, 0.2) is 59.6 Å². The molecule has 2 aromatic carbocycles. The van der Waals surface area contributed by atoms with Gasteiger partial charge in [-0.3, -0.25) is 4.79 Å². The molecule has 28 heavy (non-hydrogen) atoms. The van der Waals surface area contributed by atoms with E-state index in [4.69, 9.17) is 0 Å². The number of aliphatic imine (C=N–C) groups is 1. The van der Waals surface area contributed by atoms with E-state index in [0.717, 1.165) is 11.5 Å². The number of rotatable bonds is 5. The number of hydrogen-bond acceptors (Lipinski definition) is 2. The Bertz CT molecular complexity index is 783. The number of nitrogens with one attached hydrogen (secondary N) is 2. The molecule has 0 heterocycles. The first-order valence-corrected chi connectivity index (χ1v) is 9.15. The number of halogens is 1. The van der Waals surface area contributed by atoms with Crippen LogP contribution in [0.4, 0.5) is 0 Å². The van der Waals surface area contributed by atoms with Gasteiger partial charge in [0.25, 0.3) is 5.91 Å². The number of carbonyl (C=O) groups is 1. The highest BCUT2D eigenvalue weighted by Gasteiger charge is 2.15. The van der Waals surface area contributed by atoms with Crippen molar-refractivity contribution in [3.8, 4) is 0 Å². The Morgan fingerprint density at radius 1 is 1.00 bits per heavy atom. The summed E-state index contributed by atoms with van der Waals surface area (Å²) >= 11 is 0. The second-order valence-corrected chi connectivity index (χ2v) is 7.78. The first-order chi connectivity index (χ1) is 12.7. The van der Waals surface area contributed by atoms with E-state index in [1.165, 1.54) is 5.56 Å². The number of benzene rings is 2. The number of carbonyl (C=O) groups excluding carboxylic acids is 1. The average molecular weight is 494 g/mol. The maximum Gasteiger partial charge on any atom is 0.251 e. The Kier molecular flexibility index (Phi) is 9.45. The van der Waals surface area contributed by atoms with Gasteiger partial charge in [0.1, 0.15) is 0 Å². The van der Waals surface area contributed by atoms with Gasteiger partial charge in [0.15, 0.2) is 5.96 Å². The summed E-state index contributed by atoms with van der Waals surface area (Å²) < 4.78 is 0. The molecule has 0 unspecified atom stereocenters. The lowest BCUT2D eigenvalue weighted by Crippen LogP contribution is -2.40. The fourth-order valence-electron chi connectivity index (χ4n) is 2.52. The van der Waals surface area contributed by atoms with Crippen LogP contribution in [0, 0.1) is 0 Å². The lowest BCUT2D eigenvalue weighted by molar-refractivity contribution is 0.0919. The highest BCUT2D eigenvalue weighted by molar-refractivity contribution is 14.0. The molecular formula is C22H31IN4O. The molecule has 1 amide bonds. The van der Waals surface area contributed by atoms with E-state index in [0.29, 0.717) is 18.7 Å². The van der Waals surface area contributed by atoms with Crippen LogP contribution in [0.2, 0.25) is 0 Å². The molecule has 0 aliphatic carbocycles. The topological polar surface area (TPSA) is 56.7 Å². The minimum Gasteiger partial charge on any atom is -0.352 e. The summed E-state index contributed by atoms with van der Waals surface area (Å²) in [4.78, 5) is 19.0. The number of amides is 1. The SMILES string of the molecule is CN(C)C(=NCc1cccc(C(=O)NC(C)(C)C)c1)NCc1ccccc1.I. The molecule has 0 spiro atoms. The zero-order chi connectivity index (χ0) is 19.9. The van der Waals surface area contributed by atoms with Crippen LogP contribution < -0.4 is 10.6 Å². The quantitative estimate of drug-likeness (QED) is 0.375. The van der Waals surface area contributed by atoms with Crippen molar-refractivity contribution in [3.63, 3.8) is 0 Å². The summed E-state index contributed by atoms with van der Waals surface area (Å²) in [5.74, 6) is 0.742. The van der Waals surface area contributed by atoms with Crippen LogP contribution >= 0.6 is 24.0 Å². The molecule has 152 valence electrons. The molecule has 2 N–H and O–H groups in total. The maximum atomic E-state index is 12.4. The van der Waals surface area contributed by atoms with Gasteiger partial charge in [-0.25, -0.2) is 4.99 Å². The van der Waals surface area contributed by atoms with Crippen molar-refractivity contribution in [2.24, 2.45) is 4.99 Å². The zero-order valence-electron chi connectivity index (χ0n) is 17.3. The molecule has 0 aromatic heterocycles. The van der Waals surface area contributed by atoms with Gasteiger partial charge in [-0.2, -0.15) is 0 Å². The van der Waals surface area contributed by atoms with Gasteiger partial charge in [0.05, 0.1) is 6.54 Å². The molecule has 0 fully saturated rings. The van der Waals surface area contributed by atoms with Gasteiger partial charge in [-0.05, 0) is 44.0 Å². The molecule has 6 heteroatoms. The fraction of sp³-hybridized carbons (Fsp3) is 0.364. The third-order valence-corrected chi connectivity index (χ3v) is 3.81. The molecule has 2 aromatic rings. The largest absolute Gasteiger partial charge is 0.352 e. The average Bonchev–Trinajstić information content (AvgIpc) is 2.61. The predicted octanol–water partition coefficient (Wildman–Crippen LogP) is 4.04. The van der Waals surface area contributed by atoms with E-state index in [-0.39, 0.29) is 35.4 Å². The van der Waals surface area contributed by atoms with Crippen LogP contribution in [0.5, 0.6) is 0 Å². The summed E-state index contributed by atoms with van der Waals surface area (Å²) in [7, 11) is 3.92. The first kappa shape index (κ1) is 23.9. The molecule has 2 rings (SSSR count). The Hall–Kier alpha value is -2.09. The van der Waals surface area contributed by atoms with Crippen molar-refractivity contribution in [1.29, 1.82) is 0 Å². The van der Waals surface area contributed by atoms with E-state index in [1.54, 1.807) is 0 Å². The Morgan fingerprint density at radius 3 is 2.25 bits per heavy atom. The van der Waals surface area contributed by atoms with Crippen LogP contribution in [0.1, 0.15) is 42.3 Å². The summed E-state index contributed by atoms with van der Waals surface area (Å²) in [6, 6.07) is 17.8. The summed E-state index contributed by atoms with van der Waals surface area (Å²) in [6.07, 6.45) is 0. The van der Waals surface area contributed by atoms with Gasteiger partial charge in [0.2, 0.25) is 0 Å². The molecule has 0 aliphatic heterocycles. The Morgan fingerprint density at radius 2 is 1.64 bits per heavy atom. The zero-order valence-corrected chi connectivity index (χ0v) is 19.7. The van der Waals surface area contributed by atoms with E-state index in [2.05, 4.69) is 27.8 Å². The fourth-order valence-corrected chi connectivity index (χ4v) is 2.52. The van der Waals surface area contributed by atoms with Crippen LogP contribution in [0.3, 0.4) is 0 Å². The molecule has 0 saturated heterocycles. The standard InChI is InChI=1S/C22H30N4O.HI/c1-22(2,3)25-20(27)19-13-9-12-18(14-19)16-24-21(26(4)5)23-15-17-10-7-6-8-11-17;/h6-14H,15-16H2,1-5H3,(H,23,24)(H,25,27);1H. The molecule has 5 nitrogen and oxygen atoms in total. The normalized spacial score (nSPS) is 11.4. The Labute approximate surface area is 185 Å². The van der Waals surface area contributed by atoms with E-state index in [1.807, 2.05) is 82.2 Å². The molecule has 0 atom stereocenters. The molecular weight excluding hydrogens is 463 g/mol. The van der Waals surface area contributed by atoms with E-state index >= 15 is 0 Å². The van der Waals surface area contributed by atoms with Gasteiger partial charge in [-0.1, -0.05) is 42.5 Å². The summed E-state index contributed by atoms with van der Waals surface area (Å²) in [5.41, 5.74) is 2.59. The smallest absolute Gasteiger partial charge is 0.251 e. The molecule has 0 aliphatic rings. The number of nitrogens with zero attached hydrogens (tertiary/aromatic N) is 2. The van der Waals surface area contributed by atoms with E-state index < -0.39 is 0 Å². The summed E-state index contributed by atoms with van der Waals surface area (Å²) in [6.45, 7) is 7.14. The third-order valence-electron chi connectivity index (χ3n) is 3.81. The minimum atomic E-state index is -0.259. The van der Waals surface area contributed by atoms with Crippen molar-refractivity contribution < 1.29 is 4.79 Å². The van der Waals surface area contributed by atoms with Crippen molar-refractivity contribution >= 4 is 35.8 Å². The summed E-state index contributed by atoms with van der Waals surface area (Å²) in [5, 5.41) is 6.36. The number of guanidine groups is 1. The first-order valence-electron chi connectivity index (χ1n) is 9.15. The highest BCUT2D eigenvalue weighted by atomic mass is 127. The molecule has 0 saturated carbocycles. The van der Waals surface area contributed by atoms with Crippen molar-refractivity contribution in [2.75, 3.05) is 14.1 Å². The third kappa shape index (κ3) is 8.29. The molecule has 0 bridgehead atoms. The van der Waals surface area contributed by atoms with Crippen molar-refractivity contribution in [2.45, 2.75) is 39.4 Å². The highest BCUT2D eigenvalue weighted by Crippen LogP contribution is 2.09. The van der Waals surface area contributed by atoms with Gasteiger partial charge < -0.3 is 15.5 Å². The minimum absolute atomic E-state index is 0. The maximum absolute atomic E-state index is 12.4. The second-order valence-electron chi connectivity index (χ2n) is 7.78. The van der Waals surface area contributed by atoms with Gasteiger partial charge >= 0.3 is 0 Å². The molecule has 0 radical (unpaired) electrons. The Balaban J connectivity index is 0.00000392. The van der Waals surface area contributed by atoms with Gasteiger partial charge in [0, 0.05) is 31.7 Å². The van der Waals surface area contributed by atoms with Crippen LogP contribution in [0.25, 0.3) is 0 Å². The van der Waals surface area contributed by atoms with Crippen LogP contribution in [-0.2, 0) is 13.1 Å². The van der Waals surface area contributed by atoms with Crippen molar-refractivity contribution in [3.05, 3.63) is 71.3 Å². The monoisotopic (exact) mass is 494 g/mol. The van der Waals surface area contributed by atoms with E-state index in [9.17, 15) is 4.79 Å². The lowest BCUT2D eigenvalue weighted by atomic mass is 10.1. The second kappa shape index (κ2) is 11.0.